The molecule has 25 heavy (non-hydrogen) atoms. The van der Waals surface area contributed by atoms with Crippen molar-refractivity contribution >= 4 is 15.9 Å². The van der Waals surface area contributed by atoms with E-state index in [0.717, 1.165) is 31.0 Å². The number of nitrogens with one attached hydrogen (secondary N) is 1. The highest BCUT2D eigenvalue weighted by molar-refractivity contribution is 7.89. The highest BCUT2D eigenvalue weighted by atomic mass is 32.2. The Morgan fingerprint density at radius 1 is 1.24 bits per heavy atom. The number of rotatable bonds is 6. The first-order valence-electron chi connectivity index (χ1n) is 8.05. The summed E-state index contributed by atoms with van der Waals surface area (Å²) in [6.45, 7) is 0.196. The summed E-state index contributed by atoms with van der Waals surface area (Å²) < 4.78 is 41.0. The predicted molar refractivity (Wildman–Crippen MR) is 92.2 cm³/mol. The van der Waals surface area contributed by atoms with E-state index in [2.05, 4.69) is 16.9 Å². The van der Waals surface area contributed by atoms with Gasteiger partial charge < -0.3 is 5.73 Å². The Balaban J connectivity index is 1.69. The summed E-state index contributed by atoms with van der Waals surface area (Å²) >= 11 is 0. The number of hydrogen-bond donors (Lipinski definition) is 2. The largest absolute Gasteiger partial charge is 0.366 e. The van der Waals surface area contributed by atoms with E-state index in [1.165, 1.54) is 11.1 Å². The van der Waals surface area contributed by atoms with Crippen LogP contribution in [-0.4, -0.2) is 20.9 Å². The molecule has 132 valence electrons. The third kappa shape index (κ3) is 3.72. The highest BCUT2D eigenvalue weighted by Gasteiger charge is 2.24. The van der Waals surface area contributed by atoms with Gasteiger partial charge in [-0.2, -0.15) is 0 Å². The molecule has 3 rings (SSSR count). The number of hydrogen-bond acceptors (Lipinski definition) is 3. The minimum Gasteiger partial charge on any atom is -0.366 e. The second kappa shape index (κ2) is 6.93. The lowest BCUT2D eigenvalue weighted by atomic mass is 9.98. The van der Waals surface area contributed by atoms with Crippen LogP contribution >= 0.6 is 0 Å². The van der Waals surface area contributed by atoms with E-state index in [9.17, 15) is 17.6 Å². The molecule has 1 unspecified atom stereocenters. The predicted octanol–water partition coefficient (Wildman–Crippen LogP) is 2.32. The molecule has 0 saturated heterocycles. The van der Waals surface area contributed by atoms with Crippen LogP contribution in [0.3, 0.4) is 0 Å². The van der Waals surface area contributed by atoms with Crippen LogP contribution in [-0.2, 0) is 16.4 Å². The second-order valence-electron chi connectivity index (χ2n) is 6.13. The molecule has 0 radical (unpaired) electrons. The maximum atomic E-state index is 13.9. The van der Waals surface area contributed by atoms with Crippen LogP contribution in [0.5, 0.6) is 0 Å². The summed E-state index contributed by atoms with van der Waals surface area (Å²) in [5.41, 5.74) is 7.63. The van der Waals surface area contributed by atoms with Gasteiger partial charge in [-0.05, 0) is 54.5 Å². The lowest BCUT2D eigenvalue weighted by molar-refractivity contribution is 0.1000. The molecule has 0 saturated carbocycles. The Morgan fingerprint density at radius 2 is 2.00 bits per heavy atom. The first-order valence-corrected chi connectivity index (χ1v) is 9.53. The smallest absolute Gasteiger partial charge is 0.248 e. The highest BCUT2D eigenvalue weighted by Crippen LogP contribution is 2.34. The van der Waals surface area contributed by atoms with E-state index < -0.39 is 26.6 Å². The molecule has 2 aromatic rings. The van der Waals surface area contributed by atoms with E-state index >= 15 is 0 Å². The summed E-state index contributed by atoms with van der Waals surface area (Å²) in [6.07, 6.45) is 2.60. The first-order chi connectivity index (χ1) is 11.9. The summed E-state index contributed by atoms with van der Waals surface area (Å²) in [5.74, 6) is -1.43. The van der Waals surface area contributed by atoms with Crippen LogP contribution in [0, 0.1) is 5.82 Å². The first kappa shape index (κ1) is 17.6. The van der Waals surface area contributed by atoms with E-state index in [1.807, 2.05) is 12.1 Å². The Bertz CT molecular complexity index is 912. The summed E-state index contributed by atoms with van der Waals surface area (Å²) in [6, 6.07) is 11.2. The fourth-order valence-electron chi connectivity index (χ4n) is 3.25. The van der Waals surface area contributed by atoms with Crippen molar-refractivity contribution in [3.63, 3.8) is 0 Å². The zero-order chi connectivity index (χ0) is 18.0. The van der Waals surface area contributed by atoms with Gasteiger partial charge in [-0.15, -0.1) is 0 Å². The monoisotopic (exact) mass is 362 g/mol. The van der Waals surface area contributed by atoms with Gasteiger partial charge in [0.05, 0.1) is 0 Å². The summed E-state index contributed by atoms with van der Waals surface area (Å²) in [7, 11) is -4.05. The standard InChI is InChI=1S/C18H19FN2O3S/c19-16-8-7-14(18(20)22)11-17(16)25(23,24)21-10-9-13-6-5-12-3-1-2-4-15(12)13/h1-4,7-8,11,13,21H,5-6,9-10H2,(H2,20,22). The van der Waals surface area contributed by atoms with Gasteiger partial charge in [0.15, 0.2) is 0 Å². The lowest BCUT2D eigenvalue weighted by Crippen LogP contribution is -2.27. The van der Waals surface area contributed by atoms with Crippen molar-refractivity contribution in [1.82, 2.24) is 4.72 Å². The average molecular weight is 362 g/mol. The summed E-state index contributed by atoms with van der Waals surface area (Å²) in [4.78, 5) is 10.6. The van der Waals surface area contributed by atoms with Crippen molar-refractivity contribution in [3.8, 4) is 0 Å². The van der Waals surface area contributed by atoms with Crippen LogP contribution in [0.2, 0.25) is 0 Å². The number of benzene rings is 2. The minimum absolute atomic E-state index is 0.0495. The number of primary amides is 1. The third-order valence-corrected chi connectivity index (χ3v) is 6.02. The Labute approximate surface area is 146 Å². The fourth-order valence-corrected chi connectivity index (χ4v) is 4.40. The van der Waals surface area contributed by atoms with Gasteiger partial charge in [0.2, 0.25) is 15.9 Å². The van der Waals surface area contributed by atoms with Gasteiger partial charge in [-0.1, -0.05) is 24.3 Å². The van der Waals surface area contributed by atoms with Crippen molar-refractivity contribution in [2.24, 2.45) is 5.73 Å². The molecule has 1 atom stereocenters. The summed E-state index contributed by atoms with van der Waals surface area (Å²) in [5, 5.41) is 0. The van der Waals surface area contributed by atoms with E-state index in [1.54, 1.807) is 0 Å². The lowest BCUT2D eigenvalue weighted by Gasteiger charge is -2.13. The van der Waals surface area contributed by atoms with Crippen molar-refractivity contribution in [3.05, 3.63) is 65.0 Å². The van der Waals surface area contributed by atoms with Crippen LogP contribution in [0.15, 0.2) is 47.4 Å². The molecule has 0 fully saturated rings. The zero-order valence-electron chi connectivity index (χ0n) is 13.5. The molecule has 1 amide bonds. The Kier molecular flexibility index (Phi) is 4.87. The molecule has 3 N–H and O–H groups in total. The van der Waals surface area contributed by atoms with Gasteiger partial charge >= 0.3 is 0 Å². The molecular weight excluding hydrogens is 343 g/mol. The Morgan fingerprint density at radius 3 is 2.76 bits per heavy atom. The Hall–Kier alpha value is -2.25. The topological polar surface area (TPSA) is 89.3 Å². The van der Waals surface area contributed by atoms with Crippen molar-refractivity contribution in [2.45, 2.75) is 30.1 Å². The normalized spacial score (nSPS) is 16.6. The van der Waals surface area contributed by atoms with Crippen molar-refractivity contribution in [2.75, 3.05) is 6.54 Å². The number of carbonyl (C=O) groups excluding carboxylic acids is 1. The average Bonchev–Trinajstić information content (AvgIpc) is 2.98. The fraction of sp³-hybridized carbons (Fsp3) is 0.278. The van der Waals surface area contributed by atoms with E-state index in [4.69, 9.17) is 5.73 Å². The molecule has 2 aromatic carbocycles. The van der Waals surface area contributed by atoms with Crippen LogP contribution in [0.1, 0.15) is 40.2 Å². The third-order valence-electron chi connectivity index (χ3n) is 4.55. The van der Waals surface area contributed by atoms with Gasteiger partial charge in [0, 0.05) is 12.1 Å². The molecule has 1 aliphatic rings. The van der Waals surface area contributed by atoms with Crippen molar-refractivity contribution in [1.29, 1.82) is 0 Å². The van der Waals surface area contributed by atoms with Crippen molar-refractivity contribution < 1.29 is 17.6 Å². The number of aryl methyl sites for hydroxylation is 1. The van der Waals surface area contributed by atoms with Crippen LogP contribution in [0.4, 0.5) is 4.39 Å². The molecule has 0 aromatic heterocycles. The molecule has 0 aliphatic heterocycles. The molecule has 1 aliphatic carbocycles. The van der Waals surface area contributed by atoms with E-state index in [-0.39, 0.29) is 12.1 Å². The molecule has 0 heterocycles. The van der Waals surface area contributed by atoms with Gasteiger partial charge in [-0.25, -0.2) is 17.5 Å². The zero-order valence-corrected chi connectivity index (χ0v) is 14.4. The van der Waals surface area contributed by atoms with Gasteiger partial charge in [-0.3, -0.25) is 4.79 Å². The van der Waals surface area contributed by atoms with Gasteiger partial charge in [0.1, 0.15) is 10.7 Å². The number of halogens is 1. The number of fused-ring (bicyclic) bond motifs is 1. The molecule has 0 spiro atoms. The molecule has 5 nitrogen and oxygen atoms in total. The number of amides is 1. The minimum atomic E-state index is -4.05. The molecule has 0 bridgehead atoms. The number of nitrogens with two attached hydrogens (primary N) is 1. The maximum Gasteiger partial charge on any atom is 0.248 e. The quantitative estimate of drug-likeness (QED) is 0.826. The second-order valence-corrected chi connectivity index (χ2v) is 7.87. The maximum absolute atomic E-state index is 13.9. The van der Waals surface area contributed by atoms with Crippen LogP contribution in [0.25, 0.3) is 0 Å². The number of sulfonamides is 1. The van der Waals surface area contributed by atoms with E-state index in [0.29, 0.717) is 12.3 Å². The molecule has 7 heteroatoms. The van der Waals surface area contributed by atoms with Gasteiger partial charge in [0.25, 0.3) is 0 Å². The van der Waals surface area contributed by atoms with Crippen LogP contribution < -0.4 is 10.5 Å². The number of carbonyl (C=O) groups is 1. The molecular formula is C18H19FN2O3S. The SMILES string of the molecule is NC(=O)c1ccc(F)c(S(=O)(=O)NCCC2CCc3ccccc32)c1.